The van der Waals surface area contributed by atoms with Crippen LogP contribution in [0.4, 0.5) is 0 Å². The van der Waals surface area contributed by atoms with Gasteiger partial charge in [0.2, 0.25) is 0 Å². The molecule has 1 rings (SSSR count). The number of hydrogen-bond donors (Lipinski definition) is 2. The first-order chi connectivity index (χ1) is 7.02. The molecule has 0 aromatic carbocycles. The molecule has 5 heteroatoms. The van der Waals surface area contributed by atoms with Gasteiger partial charge in [-0.2, -0.15) is 0 Å². The Balaban J connectivity index is 2.18. The molecule has 0 saturated carbocycles. The Morgan fingerprint density at radius 3 is 2.67 bits per heavy atom. The van der Waals surface area contributed by atoms with Gasteiger partial charge in [0.25, 0.3) is 0 Å². The standard InChI is InChI=1S/C10H18O5/c1-6(2)10(13)14-4-3-8-9(12)7(11)5-15-8/h6-9,11-12H,3-5H2,1-2H3/t7-,8?,9-/m0/s1. The Hall–Kier alpha value is -0.650. The van der Waals surface area contributed by atoms with E-state index < -0.39 is 18.3 Å². The Morgan fingerprint density at radius 2 is 2.20 bits per heavy atom. The van der Waals surface area contributed by atoms with Crippen LogP contribution in [0, 0.1) is 5.92 Å². The predicted molar refractivity (Wildman–Crippen MR) is 52.2 cm³/mol. The van der Waals surface area contributed by atoms with Gasteiger partial charge in [0.05, 0.1) is 25.2 Å². The first kappa shape index (κ1) is 12.4. The van der Waals surface area contributed by atoms with E-state index in [1.165, 1.54) is 0 Å². The van der Waals surface area contributed by atoms with Crippen molar-refractivity contribution in [3.8, 4) is 0 Å². The monoisotopic (exact) mass is 218 g/mol. The minimum absolute atomic E-state index is 0.143. The summed E-state index contributed by atoms with van der Waals surface area (Å²) >= 11 is 0. The average Bonchev–Trinajstić information content (AvgIpc) is 2.49. The maximum atomic E-state index is 11.1. The van der Waals surface area contributed by atoms with Crippen molar-refractivity contribution in [1.29, 1.82) is 0 Å². The summed E-state index contributed by atoms with van der Waals surface area (Å²) in [6.07, 6.45) is -1.71. The van der Waals surface area contributed by atoms with E-state index in [0.717, 1.165) is 0 Å². The Labute approximate surface area is 89.0 Å². The highest BCUT2D eigenvalue weighted by Crippen LogP contribution is 2.17. The van der Waals surface area contributed by atoms with Crippen LogP contribution in [0.3, 0.4) is 0 Å². The van der Waals surface area contributed by atoms with Crippen molar-refractivity contribution < 1.29 is 24.5 Å². The summed E-state index contributed by atoms with van der Waals surface area (Å²) in [5, 5.41) is 18.6. The van der Waals surface area contributed by atoms with Crippen molar-refractivity contribution in [3.05, 3.63) is 0 Å². The van der Waals surface area contributed by atoms with E-state index in [1.807, 2.05) is 0 Å². The fourth-order valence-electron chi connectivity index (χ4n) is 1.36. The van der Waals surface area contributed by atoms with Gasteiger partial charge < -0.3 is 19.7 Å². The van der Waals surface area contributed by atoms with Crippen LogP contribution in [0.1, 0.15) is 20.3 Å². The summed E-state index contributed by atoms with van der Waals surface area (Å²) < 4.78 is 10.1. The molecule has 88 valence electrons. The number of carbonyl (C=O) groups is 1. The molecule has 0 aromatic rings. The van der Waals surface area contributed by atoms with E-state index in [-0.39, 0.29) is 25.1 Å². The molecule has 1 saturated heterocycles. The highest BCUT2D eigenvalue weighted by Gasteiger charge is 2.34. The molecule has 2 N–H and O–H groups in total. The third-order valence-corrected chi connectivity index (χ3v) is 2.37. The summed E-state index contributed by atoms with van der Waals surface area (Å²) in [5.74, 6) is -0.409. The minimum atomic E-state index is -0.872. The highest BCUT2D eigenvalue weighted by molar-refractivity contribution is 5.71. The zero-order chi connectivity index (χ0) is 11.4. The van der Waals surface area contributed by atoms with E-state index in [0.29, 0.717) is 6.42 Å². The first-order valence-corrected chi connectivity index (χ1v) is 5.16. The Morgan fingerprint density at radius 1 is 1.53 bits per heavy atom. The lowest BCUT2D eigenvalue weighted by molar-refractivity contribution is -0.148. The van der Waals surface area contributed by atoms with Gasteiger partial charge in [-0.3, -0.25) is 4.79 Å². The van der Waals surface area contributed by atoms with Gasteiger partial charge >= 0.3 is 5.97 Å². The SMILES string of the molecule is CC(C)C(=O)OCCC1OC[C@H](O)[C@@H]1O. The molecular formula is C10H18O5. The molecule has 1 fully saturated rings. The van der Waals surface area contributed by atoms with Crippen LogP contribution in [-0.4, -0.2) is 47.7 Å². The molecule has 3 atom stereocenters. The molecule has 0 radical (unpaired) electrons. The molecular weight excluding hydrogens is 200 g/mol. The number of aliphatic hydroxyl groups is 2. The van der Waals surface area contributed by atoms with Gasteiger partial charge in [0, 0.05) is 6.42 Å². The van der Waals surface area contributed by atoms with Crippen molar-refractivity contribution in [3.63, 3.8) is 0 Å². The summed E-state index contributed by atoms with van der Waals surface area (Å²) in [6, 6.07) is 0. The molecule has 1 aliphatic heterocycles. The number of hydrogen-bond acceptors (Lipinski definition) is 5. The summed E-state index contributed by atoms with van der Waals surface area (Å²) in [4.78, 5) is 11.1. The largest absolute Gasteiger partial charge is 0.465 e. The lowest BCUT2D eigenvalue weighted by Crippen LogP contribution is -2.31. The smallest absolute Gasteiger partial charge is 0.308 e. The Kier molecular flexibility index (Phi) is 4.50. The van der Waals surface area contributed by atoms with E-state index >= 15 is 0 Å². The number of rotatable bonds is 4. The topological polar surface area (TPSA) is 76.0 Å². The van der Waals surface area contributed by atoms with Crippen molar-refractivity contribution in [2.45, 2.75) is 38.6 Å². The average molecular weight is 218 g/mol. The molecule has 0 aromatic heterocycles. The van der Waals surface area contributed by atoms with Crippen LogP contribution in [0.5, 0.6) is 0 Å². The molecule has 15 heavy (non-hydrogen) atoms. The Bertz CT molecular complexity index is 216. The second-order valence-electron chi connectivity index (χ2n) is 4.04. The van der Waals surface area contributed by atoms with Crippen LogP contribution in [-0.2, 0) is 14.3 Å². The molecule has 0 bridgehead atoms. The van der Waals surface area contributed by atoms with E-state index in [9.17, 15) is 15.0 Å². The number of ether oxygens (including phenoxy) is 2. The van der Waals surface area contributed by atoms with Gasteiger partial charge in [-0.05, 0) is 0 Å². The van der Waals surface area contributed by atoms with Crippen LogP contribution < -0.4 is 0 Å². The highest BCUT2D eigenvalue weighted by atomic mass is 16.5. The van der Waals surface area contributed by atoms with Crippen molar-refractivity contribution in [2.24, 2.45) is 5.92 Å². The third kappa shape index (κ3) is 3.44. The molecule has 5 nitrogen and oxygen atoms in total. The van der Waals surface area contributed by atoms with Crippen molar-refractivity contribution in [2.75, 3.05) is 13.2 Å². The maximum absolute atomic E-state index is 11.1. The van der Waals surface area contributed by atoms with Crippen LogP contribution in [0.15, 0.2) is 0 Å². The van der Waals surface area contributed by atoms with Crippen LogP contribution in [0.25, 0.3) is 0 Å². The lowest BCUT2D eigenvalue weighted by atomic mass is 10.1. The van der Waals surface area contributed by atoms with E-state index in [4.69, 9.17) is 9.47 Å². The number of aliphatic hydroxyl groups excluding tert-OH is 2. The lowest BCUT2D eigenvalue weighted by Gasteiger charge is -2.15. The fourth-order valence-corrected chi connectivity index (χ4v) is 1.36. The normalized spacial score (nSPS) is 30.9. The van der Waals surface area contributed by atoms with Crippen LogP contribution in [0.2, 0.25) is 0 Å². The molecule has 0 spiro atoms. The van der Waals surface area contributed by atoms with Gasteiger partial charge in [-0.1, -0.05) is 13.8 Å². The van der Waals surface area contributed by atoms with E-state index in [2.05, 4.69) is 0 Å². The zero-order valence-electron chi connectivity index (χ0n) is 9.05. The molecule has 0 amide bonds. The van der Waals surface area contributed by atoms with Crippen LogP contribution >= 0.6 is 0 Å². The fraction of sp³-hybridized carbons (Fsp3) is 0.900. The maximum Gasteiger partial charge on any atom is 0.308 e. The molecule has 1 aliphatic rings. The van der Waals surface area contributed by atoms with Gasteiger partial charge in [0.15, 0.2) is 0 Å². The third-order valence-electron chi connectivity index (χ3n) is 2.37. The van der Waals surface area contributed by atoms with Crippen molar-refractivity contribution >= 4 is 5.97 Å². The number of carbonyl (C=O) groups excluding carboxylic acids is 1. The second kappa shape index (κ2) is 5.44. The summed E-state index contributed by atoms with van der Waals surface area (Å²) in [7, 11) is 0. The predicted octanol–water partition coefficient (Wildman–Crippen LogP) is -0.304. The minimum Gasteiger partial charge on any atom is -0.465 e. The van der Waals surface area contributed by atoms with Gasteiger partial charge in [-0.25, -0.2) is 0 Å². The molecule has 1 heterocycles. The van der Waals surface area contributed by atoms with E-state index in [1.54, 1.807) is 13.8 Å². The summed E-state index contributed by atoms with van der Waals surface area (Å²) in [5.41, 5.74) is 0. The summed E-state index contributed by atoms with van der Waals surface area (Å²) in [6.45, 7) is 3.87. The van der Waals surface area contributed by atoms with Gasteiger partial charge in [0.1, 0.15) is 12.2 Å². The molecule has 1 unspecified atom stereocenters. The van der Waals surface area contributed by atoms with Gasteiger partial charge in [-0.15, -0.1) is 0 Å². The quantitative estimate of drug-likeness (QED) is 0.633. The molecule has 0 aliphatic carbocycles. The zero-order valence-corrected chi connectivity index (χ0v) is 9.05. The second-order valence-corrected chi connectivity index (χ2v) is 4.04. The first-order valence-electron chi connectivity index (χ1n) is 5.16. The number of esters is 1. The van der Waals surface area contributed by atoms with Crippen molar-refractivity contribution in [1.82, 2.24) is 0 Å².